The van der Waals surface area contributed by atoms with Crippen LogP contribution in [-0.2, 0) is 0 Å². The minimum Gasteiger partial charge on any atom is -0.389 e. The maximum absolute atomic E-state index is 13.0. The van der Waals surface area contributed by atoms with E-state index in [-0.39, 0.29) is 11.7 Å². The fourth-order valence-electron chi connectivity index (χ4n) is 3.24. The van der Waals surface area contributed by atoms with Crippen LogP contribution >= 0.6 is 22.9 Å². The van der Waals surface area contributed by atoms with Crippen molar-refractivity contribution in [3.63, 3.8) is 0 Å². The number of hydrogen-bond acceptors (Lipinski definition) is 6. The summed E-state index contributed by atoms with van der Waals surface area (Å²) in [6.45, 7) is 1.16. The molecule has 5 rings (SSSR count). The lowest BCUT2D eigenvalue weighted by molar-refractivity contribution is 0.142. The summed E-state index contributed by atoms with van der Waals surface area (Å²) in [5.41, 5.74) is 2.20. The van der Waals surface area contributed by atoms with E-state index < -0.39 is 0 Å². The van der Waals surface area contributed by atoms with Crippen LogP contribution in [0.2, 0.25) is 5.02 Å². The van der Waals surface area contributed by atoms with Gasteiger partial charge in [0.2, 0.25) is 0 Å². The van der Waals surface area contributed by atoms with Crippen LogP contribution in [0.4, 0.5) is 5.69 Å². The summed E-state index contributed by atoms with van der Waals surface area (Å²) in [4.78, 5) is 24.8. The summed E-state index contributed by atoms with van der Waals surface area (Å²) in [5.74, 6) is 0. The molecule has 1 saturated heterocycles. The molecule has 1 fully saturated rings. The summed E-state index contributed by atoms with van der Waals surface area (Å²) in [5, 5.41) is 11.1. The normalized spacial score (nSPS) is 14.9. The topological polar surface area (TPSA) is 71.2 Å². The van der Waals surface area contributed by atoms with Crippen LogP contribution in [0.1, 0.15) is 0 Å². The third-order valence-electron chi connectivity index (χ3n) is 4.57. The highest BCUT2D eigenvalue weighted by atomic mass is 35.5. The minimum atomic E-state index is -0.307. The Morgan fingerprint density at radius 1 is 1.15 bits per heavy atom. The number of thiophene rings is 1. The van der Waals surface area contributed by atoms with Crippen molar-refractivity contribution < 1.29 is 5.11 Å². The van der Waals surface area contributed by atoms with Crippen LogP contribution < -0.4 is 10.5 Å². The van der Waals surface area contributed by atoms with Gasteiger partial charge in [0.05, 0.1) is 22.9 Å². The number of aromatic nitrogens is 3. The average Bonchev–Trinajstić information content (AvgIpc) is 3.00. The Labute approximate surface area is 156 Å². The lowest BCUT2D eigenvalue weighted by atomic mass is 10.1. The van der Waals surface area contributed by atoms with Gasteiger partial charge in [-0.05, 0) is 30.3 Å². The highest BCUT2D eigenvalue weighted by Crippen LogP contribution is 2.37. The highest BCUT2D eigenvalue weighted by Gasteiger charge is 2.27. The predicted molar refractivity (Wildman–Crippen MR) is 104 cm³/mol. The first-order chi connectivity index (χ1) is 12.6. The van der Waals surface area contributed by atoms with E-state index in [2.05, 4.69) is 14.9 Å². The summed E-state index contributed by atoms with van der Waals surface area (Å²) in [6, 6.07) is 8.97. The molecule has 4 aromatic rings. The largest absolute Gasteiger partial charge is 0.389 e. The molecule has 1 N–H and O–H groups in total. The van der Waals surface area contributed by atoms with Gasteiger partial charge in [0, 0.05) is 24.3 Å². The van der Waals surface area contributed by atoms with Crippen LogP contribution in [-0.4, -0.2) is 38.8 Å². The van der Waals surface area contributed by atoms with E-state index in [1.165, 1.54) is 15.9 Å². The van der Waals surface area contributed by atoms with E-state index in [1.54, 1.807) is 36.8 Å². The first kappa shape index (κ1) is 15.7. The van der Waals surface area contributed by atoms with E-state index in [0.29, 0.717) is 34.0 Å². The van der Waals surface area contributed by atoms with E-state index in [1.807, 2.05) is 6.07 Å². The van der Waals surface area contributed by atoms with Crippen LogP contribution in [0.5, 0.6) is 0 Å². The number of halogens is 1. The Morgan fingerprint density at radius 3 is 2.65 bits per heavy atom. The third-order valence-corrected chi connectivity index (χ3v) is 5.89. The zero-order valence-electron chi connectivity index (χ0n) is 13.5. The number of β-amino-alcohol motifs (C(OH)–C–C–N with tert-alkyl or cyclic N) is 1. The number of fused-ring (bicyclic) bond motifs is 3. The Kier molecular flexibility index (Phi) is 3.49. The van der Waals surface area contributed by atoms with Crippen molar-refractivity contribution in [3.8, 4) is 5.69 Å². The smallest absolute Gasteiger partial charge is 0.275 e. The maximum atomic E-state index is 13.0. The van der Waals surface area contributed by atoms with Crippen LogP contribution in [0, 0.1) is 0 Å². The van der Waals surface area contributed by atoms with Crippen LogP contribution in [0.15, 0.2) is 47.7 Å². The molecule has 1 aromatic carbocycles. The van der Waals surface area contributed by atoms with E-state index >= 15 is 0 Å². The minimum absolute atomic E-state index is 0.130. The summed E-state index contributed by atoms with van der Waals surface area (Å²) in [7, 11) is 0. The first-order valence-electron chi connectivity index (χ1n) is 8.09. The van der Waals surface area contributed by atoms with Gasteiger partial charge in [-0.3, -0.25) is 9.36 Å². The molecule has 0 unspecified atom stereocenters. The van der Waals surface area contributed by atoms with Gasteiger partial charge < -0.3 is 10.0 Å². The number of anilines is 1. The van der Waals surface area contributed by atoms with Crippen LogP contribution in [0.3, 0.4) is 0 Å². The van der Waals surface area contributed by atoms with E-state index in [0.717, 1.165) is 15.9 Å². The zero-order chi connectivity index (χ0) is 17.8. The Morgan fingerprint density at radius 2 is 1.92 bits per heavy atom. The molecular formula is C18H13ClN4O2S. The fraction of sp³-hybridized carbons (Fsp3) is 0.167. The SMILES string of the molecule is O=c1c2sc3nccc(N4CC(O)C4)c3c2ncn1-c1ccc(Cl)cc1. The van der Waals surface area contributed by atoms with Crippen molar-refractivity contribution in [2.24, 2.45) is 0 Å². The van der Waals surface area contributed by atoms with Gasteiger partial charge in [-0.15, -0.1) is 11.3 Å². The highest BCUT2D eigenvalue weighted by molar-refractivity contribution is 7.25. The van der Waals surface area contributed by atoms with Gasteiger partial charge in [0.1, 0.15) is 21.4 Å². The number of nitrogens with zero attached hydrogens (tertiary/aromatic N) is 4. The van der Waals surface area contributed by atoms with Gasteiger partial charge in [-0.2, -0.15) is 0 Å². The standard InChI is InChI=1S/C18H13ClN4O2S/c19-10-1-3-11(4-2-10)23-9-21-15-14-13(22-7-12(24)8-22)5-6-20-17(14)26-16(15)18(23)25/h1-6,9,12,24H,7-8H2. The molecule has 26 heavy (non-hydrogen) atoms. The third kappa shape index (κ3) is 2.32. The van der Waals surface area contributed by atoms with Crippen molar-refractivity contribution in [2.45, 2.75) is 6.10 Å². The Balaban J connectivity index is 1.74. The molecule has 0 spiro atoms. The van der Waals surface area contributed by atoms with Crippen LogP contribution in [0.25, 0.3) is 26.1 Å². The van der Waals surface area contributed by atoms with Gasteiger partial charge in [-0.1, -0.05) is 11.6 Å². The molecule has 8 heteroatoms. The second-order valence-corrected chi connectivity index (χ2v) is 7.68. The molecule has 6 nitrogen and oxygen atoms in total. The van der Waals surface area contributed by atoms with Crippen molar-refractivity contribution in [3.05, 3.63) is 58.2 Å². The predicted octanol–water partition coefficient (Wildman–Crippen LogP) is 2.83. The Bertz CT molecular complexity index is 1200. The molecule has 130 valence electrons. The summed E-state index contributed by atoms with van der Waals surface area (Å²) >= 11 is 7.28. The lowest BCUT2D eigenvalue weighted by Gasteiger charge is -2.38. The maximum Gasteiger partial charge on any atom is 0.275 e. The number of pyridine rings is 1. The molecule has 0 saturated carbocycles. The Hall–Kier alpha value is -2.48. The number of benzene rings is 1. The lowest BCUT2D eigenvalue weighted by Crippen LogP contribution is -2.50. The molecule has 1 aliphatic heterocycles. The van der Waals surface area contributed by atoms with Gasteiger partial charge in [-0.25, -0.2) is 9.97 Å². The second-order valence-electron chi connectivity index (χ2n) is 6.24. The summed E-state index contributed by atoms with van der Waals surface area (Å²) < 4.78 is 2.08. The zero-order valence-corrected chi connectivity index (χ0v) is 15.0. The van der Waals surface area contributed by atoms with Gasteiger partial charge >= 0.3 is 0 Å². The number of rotatable bonds is 2. The van der Waals surface area contributed by atoms with Crippen molar-refractivity contribution in [1.29, 1.82) is 0 Å². The molecule has 4 heterocycles. The molecule has 0 atom stereocenters. The molecular weight excluding hydrogens is 372 g/mol. The average molecular weight is 385 g/mol. The molecule has 0 radical (unpaired) electrons. The summed E-state index contributed by atoms with van der Waals surface area (Å²) in [6.07, 6.45) is 2.97. The quantitative estimate of drug-likeness (QED) is 0.575. The molecule has 0 bridgehead atoms. The molecule has 0 amide bonds. The van der Waals surface area contributed by atoms with E-state index in [4.69, 9.17) is 11.6 Å². The van der Waals surface area contributed by atoms with Gasteiger partial charge in [0.15, 0.2) is 0 Å². The number of hydrogen-bond donors (Lipinski definition) is 1. The number of aliphatic hydroxyl groups is 1. The molecule has 3 aromatic heterocycles. The van der Waals surface area contributed by atoms with Gasteiger partial charge in [0.25, 0.3) is 5.56 Å². The van der Waals surface area contributed by atoms with E-state index in [9.17, 15) is 9.90 Å². The number of aliphatic hydroxyl groups excluding tert-OH is 1. The molecule has 0 aliphatic carbocycles. The molecule has 1 aliphatic rings. The second kappa shape index (κ2) is 5.77. The van der Waals surface area contributed by atoms with Crippen molar-refractivity contribution in [1.82, 2.24) is 14.5 Å². The fourth-order valence-corrected chi connectivity index (χ4v) is 4.41. The monoisotopic (exact) mass is 384 g/mol. The van der Waals surface area contributed by atoms with Crippen molar-refractivity contribution in [2.75, 3.05) is 18.0 Å². The first-order valence-corrected chi connectivity index (χ1v) is 9.29. The van der Waals surface area contributed by atoms with Crippen molar-refractivity contribution >= 4 is 49.1 Å².